The lowest BCUT2D eigenvalue weighted by Gasteiger charge is -2.16. The first-order valence-electron chi connectivity index (χ1n) is 9.01. The van der Waals surface area contributed by atoms with Crippen molar-refractivity contribution in [3.63, 3.8) is 0 Å². The van der Waals surface area contributed by atoms with Crippen LogP contribution in [0.25, 0.3) is 11.5 Å². The molecule has 1 unspecified atom stereocenters. The van der Waals surface area contributed by atoms with Crippen LogP contribution in [-0.4, -0.2) is 36.8 Å². The lowest BCUT2D eigenvalue weighted by Crippen LogP contribution is -2.24. The number of nitrogens with zero attached hydrogens (tertiary/aromatic N) is 3. The van der Waals surface area contributed by atoms with Crippen molar-refractivity contribution in [1.82, 2.24) is 10.1 Å². The maximum absolute atomic E-state index is 12.5. The van der Waals surface area contributed by atoms with Crippen LogP contribution in [0.3, 0.4) is 0 Å². The molecule has 1 aliphatic heterocycles. The molecule has 1 fully saturated rings. The molecule has 2 heterocycles. The Balaban J connectivity index is 1.58. The van der Waals surface area contributed by atoms with Gasteiger partial charge in [-0.15, -0.1) is 0 Å². The van der Waals surface area contributed by atoms with Crippen molar-refractivity contribution in [2.24, 2.45) is 0 Å². The molecule has 0 aliphatic carbocycles. The third kappa shape index (κ3) is 3.43. The molecule has 4 rings (SSSR count). The van der Waals surface area contributed by atoms with Crippen LogP contribution in [0.4, 0.5) is 5.69 Å². The van der Waals surface area contributed by atoms with Crippen LogP contribution in [0.15, 0.2) is 47.0 Å². The number of amides is 1. The number of anilines is 1. The Hall–Kier alpha value is -3.35. The van der Waals surface area contributed by atoms with Gasteiger partial charge in [0.1, 0.15) is 11.5 Å². The van der Waals surface area contributed by atoms with E-state index in [4.69, 9.17) is 14.0 Å². The second-order valence-electron chi connectivity index (χ2n) is 6.80. The van der Waals surface area contributed by atoms with Crippen molar-refractivity contribution in [3.8, 4) is 23.0 Å². The van der Waals surface area contributed by atoms with E-state index < -0.39 is 0 Å². The Morgan fingerprint density at radius 3 is 2.54 bits per heavy atom. The van der Waals surface area contributed by atoms with Gasteiger partial charge >= 0.3 is 0 Å². The maximum atomic E-state index is 12.5. The van der Waals surface area contributed by atoms with Gasteiger partial charge in [-0.3, -0.25) is 4.79 Å². The molecule has 2 aromatic carbocycles. The van der Waals surface area contributed by atoms with Gasteiger partial charge < -0.3 is 18.9 Å². The summed E-state index contributed by atoms with van der Waals surface area (Å²) in [4.78, 5) is 18.8. The number of rotatable bonds is 5. The fourth-order valence-corrected chi connectivity index (χ4v) is 3.37. The first kappa shape index (κ1) is 18.0. The van der Waals surface area contributed by atoms with E-state index in [0.29, 0.717) is 41.7 Å². The molecule has 0 radical (unpaired) electrons. The van der Waals surface area contributed by atoms with Crippen LogP contribution in [-0.2, 0) is 4.79 Å². The number of hydrogen-bond donors (Lipinski definition) is 0. The Kier molecular flexibility index (Phi) is 4.73. The summed E-state index contributed by atoms with van der Waals surface area (Å²) in [5, 5.41) is 4.12. The topological polar surface area (TPSA) is 77.7 Å². The molecule has 0 N–H and O–H groups in total. The van der Waals surface area contributed by atoms with Gasteiger partial charge in [0, 0.05) is 36.2 Å². The highest BCUT2D eigenvalue weighted by Crippen LogP contribution is 2.33. The van der Waals surface area contributed by atoms with Gasteiger partial charge in [-0.2, -0.15) is 4.98 Å². The molecule has 0 bridgehead atoms. The highest BCUT2D eigenvalue weighted by atomic mass is 16.5. The van der Waals surface area contributed by atoms with Crippen molar-refractivity contribution in [1.29, 1.82) is 0 Å². The predicted octanol–water partition coefficient (Wildman–Crippen LogP) is 3.58. The average Bonchev–Trinajstić information content (AvgIpc) is 3.34. The van der Waals surface area contributed by atoms with Gasteiger partial charge in [0.15, 0.2) is 5.82 Å². The van der Waals surface area contributed by atoms with E-state index in [9.17, 15) is 4.79 Å². The van der Waals surface area contributed by atoms with Gasteiger partial charge in [0.25, 0.3) is 5.89 Å². The van der Waals surface area contributed by atoms with Gasteiger partial charge in [0.05, 0.1) is 14.2 Å². The third-order valence-corrected chi connectivity index (χ3v) is 4.84. The van der Waals surface area contributed by atoms with E-state index in [2.05, 4.69) is 10.1 Å². The molecule has 144 valence electrons. The number of carbonyl (C=O) groups is 1. The number of aromatic nitrogens is 2. The standard InChI is InChI=1S/C21H21N3O4/c1-13-5-4-6-16(7-13)24-12-15(10-19(24)25)20-22-21(28-23-20)14-8-17(26-2)11-18(9-14)27-3/h4-9,11,15H,10,12H2,1-3H3. The zero-order chi connectivity index (χ0) is 19.7. The van der Waals surface area contributed by atoms with Gasteiger partial charge in [-0.1, -0.05) is 17.3 Å². The maximum Gasteiger partial charge on any atom is 0.258 e. The number of carbonyl (C=O) groups excluding carboxylic acids is 1. The van der Waals surface area contributed by atoms with E-state index >= 15 is 0 Å². The lowest BCUT2D eigenvalue weighted by atomic mass is 10.1. The van der Waals surface area contributed by atoms with Crippen LogP contribution in [0.5, 0.6) is 11.5 Å². The monoisotopic (exact) mass is 379 g/mol. The van der Waals surface area contributed by atoms with Crippen LogP contribution in [0.2, 0.25) is 0 Å². The van der Waals surface area contributed by atoms with Gasteiger partial charge in [-0.25, -0.2) is 0 Å². The summed E-state index contributed by atoms with van der Waals surface area (Å²) >= 11 is 0. The summed E-state index contributed by atoms with van der Waals surface area (Å²) in [6.45, 7) is 2.54. The van der Waals surface area contributed by atoms with Crippen molar-refractivity contribution in [2.45, 2.75) is 19.3 Å². The molecular weight excluding hydrogens is 358 g/mol. The van der Waals surface area contributed by atoms with E-state index in [1.54, 1.807) is 37.3 Å². The van der Waals surface area contributed by atoms with Crippen molar-refractivity contribution < 1.29 is 18.8 Å². The van der Waals surface area contributed by atoms with E-state index in [-0.39, 0.29) is 11.8 Å². The molecule has 1 saturated heterocycles. The van der Waals surface area contributed by atoms with Gasteiger partial charge in [0.2, 0.25) is 5.91 Å². The van der Waals surface area contributed by atoms with E-state index in [1.807, 2.05) is 31.2 Å². The number of methoxy groups -OCH3 is 2. The first-order chi connectivity index (χ1) is 13.6. The summed E-state index contributed by atoms with van der Waals surface area (Å²) in [6.07, 6.45) is 0.356. The molecule has 28 heavy (non-hydrogen) atoms. The van der Waals surface area contributed by atoms with Crippen molar-refractivity contribution in [2.75, 3.05) is 25.7 Å². The van der Waals surface area contributed by atoms with Crippen LogP contribution >= 0.6 is 0 Å². The first-order valence-corrected chi connectivity index (χ1v) is 9.01. The Labute approximate surface area is 162 Å². The number of benzene rings is 2. The molecule has 1 amide bonds. The summed E-state index contributed by atoms with van der Waals surface area (Å²) in [6, 6.07) is 13.3. The molecule has 0 saturated carbocycles. The predicted molar refractivity (Wildman–Crippen MR) is 104 cm³/mol. The van der Waals surface area contributed by atoms with Crippen LogP contribution in [0, 0.1) is 6.92 Å². The minimum Gasteiger partial charge on any atom is -0.497 e. The smallest absolute Gasteiger partial charge is 0.258 e. The molecule has 7 nitrogen and oxygen atoms in total. The largest absolute Gasteiger partial charge is 0.497 e. The minimum atomic E-state index is -0.113. The summed E-state index contributed by atoms with van der Waals surface area (Å²) in [5.74, 6) is 2.11. The van der Waals surface area contributed by atoms with Crippen LogP contribution in [0.1, 0.15) is 23.7 Å². The normalized spacial score (nSPS) is 16.5. The molecule has 1 atom stereocenters. The van der Waals surface area contributed by atoms with Crippen molar-refractivity contribution >= 4 is 11.6 Å². The van der Waals surface area contributed by atoms with E-state index in [0.717, 1.165) is 11.3 Å². The Morgan fingerprint density at radius 1 is 1.11 bits per heavy atom. The van der Waals surface area contributed by atoms with Gasteiger partial charge in [-0.05, 0) is 36.8 Å². The lowest BCUT2D eigenvalue weighted by molar-refractivity contribution is -0.117. The fraction of sp³-hybridized carbons (Fsp3) is 0.286. The molecule has 1 aromatic heterocycles. The highest BCUT2D eigenvalue weighted by molar-refractivity contribution is 5.96. The molecule has 3 aromatic rings. The summed E-state index contributed by atoms with van der Waals surface area (Å²) < 4.78 is 16.0. The second-order valence-corrected chi connectivity index (χ2v) is 6.80. The second kappa shape index (κ2) is 7.34. The zero-order valence-corrected chi connectivity index (χ0v) is 16.0. The Morgan fingerprint density at radius 2 is 1.86 bits per heavy atom. The average molecular weight is 379 g/mol. The zero-order valence-electron chi connectivity index (χ0n) is 16.0. The van der Waals surface area contributed by atoms with Crippen LogP contribution < -0.4 is 14.4 Å². The SMILES string of the molecule is COc1cc(OC)cc(-c2nc(C3CC(=O)N(c4cccc(C)c4)C3)no2)c1. The number of hydrogen-bond acceptors (Lipinski definition) is 6. The Bertz CT molecular complexity index is 992. The third-order valence-electron chi connectivity index (χ3n) is 4.84. The molecule has 0 spiro atoms. The molecule has 7 heteroatoms. The number of aryl methyl sites for hydroxylation is 1. The molecular formula is C21H21N3O4. The number of ether oxygens (including phenoxy) is 2. The fourth-order valence-electron chi connectivity index (χ4n) is 3.37. The quantitative estimate of drug-likeness (QED) is 0.674. The summed E-state index contributed by atoms with van der Waals surface area (Å²) in [7, 11) is 3.17. The highest BCUT2D eigenvalue weighted by Gasteiger charge is 2.34. The summed E-state index contributed by atoms with van der Waals surface area (Å²) in [5.41, 5.74) is 2.71. The molecule has 1 aliphatic rings. The van der Waals surface area contributed by atoms with Crippen molar-refractivity contribution in [3.05, 3.63) is 53.9 Å². The minimum absolute atomic E-state index is 0.0602. The van der Waals surface area contributed by atoms with E-state index in [1.165, 1.54) is 0 Å².